The molecule has 0 aliphatic heterocycles. The van der Waals surface area contributed by atoms with E-state index in [2.05, 4.69) is 6.07 Å². The second-order valence-electron chi connectivity index (χ2n) is 8.69. The summed E-state index contributed by atoms with van der Waals surface area (Å²) in [4.78, 5) is 24.3. The smallest absolute Gasteiger partial charge is 0.303 e. The highest BCUT2D eigenvalue weighted by Gasteiger charge is 2.23. The Balaban J connectivity index is 1.71. The first-order chi connectivity index (χ1) is 16.3. The van der Waals surface area contributed by atoms with E-state index >= 15 is 0 Å². The number of carbonyl (C=O) groups is 2. The molecule has 6 nitrogen and oxygen atoms in total. The molecule has 0 fully saturated rings. The number of unbranched alkanes of at least 4 members (excludes halogenated alkanes) is 1. The highest BCUT2D eigenvalue weighted by atomic mass is 35.5. The summed E-state index contributed by atoms with van der Waals surface area (Å²) in [5, 5.41) is 19.8. The summed E-state index contributed by atoms with van der Waals surface area (Å²) in [6, 6.07) is 15.1. The largest absolute Gasteiger partial charge is 0.481 e. The maximum Gasteiger partial charge on any atom is 0.303 e. The van der Waals surface area contributed by atoms with Crippen LogP contribution in [0.2, 0.25) is 5.02 Å². The Morgan fingerprint density at radius 3 is 2.68 bits per heavy atom. The third-order valence-electron chi connectivity index (χ3n) is 5.90. The Kier molecular flexibility index (Phi) is 8.86. The lowest BCUT2D eigenvalue weighted by atomic mass is 9.94. The number of carboxylic acid groups (broad SMARTS) is 1. The Hall–Kier alpha value is -3.14. The molecule has 0 spiro atoms. The molecule has 178 valence electrons. The molecule has 7 heteroatoms. The monoisotopic (exact) mass is 480 g/mol. The van der Waals surface area contributed by atoms with Crippen LogP contribution in [-0.2, 0) is 29.6 Å². The number of aliphatic carboxylic acids is 1. The highest BCUT2D eigenvalue weighted by Crippen LogP contribution is 2.30. The van der Waals surface area contributed by atoms with Crippen LogP contribution in [0.5, 0.6) is 0 Å². The van der Waals surface area contributed by atoms with Gasteiger partial charge in [0, 0.05) is 53.7 Å². The molecule has 0 bridgehead atoms. The van der Waals surface area contributed by atoms with Crippen molar-refractivity contribution in [2.75, 3.05) is 6.61 Å². The van der Waals surface area contributed by atoms with E-state index < -0.39 is 5.97 Å². The standard InChI is InChI=1S/C27H29ClN2O4/c1-18(13-26(32)33)12-25(31)27-22-15-19(16-29)9-10-23(22)30(2)24(27)8-3-4-11-34-17-20-6-5-7-21(28)14-20/h5-7,9-10,14-15,18H,3-4,8,11-13,17H2,1-2H3,(H,32,33)/t18-/m1/s1. The van der Waals surface area contributed by atoms with E-state index in [1.54, 1.807) is 19.1 Å². The van der Waals surface area contributed by atoms with Crippen molar-refractivity contribution in [3.05, 3.63) is 69.9 Å². The van der Waals surface area contributed by atoms with Gasteiger partial charge in [0.25, 0.3) is 0 Å². The number of Topliss-reactive ketones (excluding diaryl/α,β-unsaturated/α-hetero) is 1. The number of aryl methyl sites for hydroxylation is 1. The van der Waals surface area contributed by atoms with Gasteiger partial charge in [-0.15, -0.1) is 0 Å². The van der Waals surface area contributed by atoms with Gasteiger partial charge in [0.1, 0.15) is 0 Å². The number of hydrogen-bond donors (Lipinski definition) is 1. The number of aromatic nitrogens is 1. The van der Waals surface area contributed by atoms with Crippen molar-refractivity contribution in [1.82, 2.24) is 4.57 Å². The summed E-state index contributed by atoms with van der Waals surface area (Å²) in [6.07, 6.45) is 2.43. The minimum atomic E-state index is -0.914. The number of carboxylic acids is 1. The fourth-order valence-corrected chi connectivity index (χ4v) is 4.49. The van der Waals surface area contributed by atoms with Crippen molar-refractivity contribution >= 4 is 34.3 Å². The molecule has 3 aromatic rings. The molecule has 0 radical (unpaired) electrons. The zero-order chi connectivity index (χ0) is 24.7. The van der Waals surface area contributed by atoms with Crippen LogP contribution in [0.15, 0.2) is 42.5 Å². The van der Waals surface area contributed by atoms with Gasteiger partial charge in [-0.05, 0) is 61.1 Å². The summed E-state index contributed by atoms with van der Waals surface area (Å²) in [7, 11) is 1.93. The molecular formula is C27H29ClN2O4. The van der Waals surface area contributed by atoms with Gasteiger partial charge < -0.3 is 14.4 Å². The molecule has 0 unspecified atom stereocenters. The first-order valence-electron chi connectivity index (χ1n) is 11.4. The van der Waals surface area contributed by atoms with Gasteiger partial charge in [-0.3, -0.25) is 9.59 Å². The van der Waals surface area contributed by atoms with Gasteiger partial charge in [-0.25, -0.2) is 0 Å². The number of carbonyl (C=O) groups excluding carboxylic acids is 1. The van der Waals surface area contributed by atoms with Gasteiger partial charge in [-0.2, -0.15) is 5.26 Å². The van der Waals surface area contributed by atoms with E-state index in [-0.39, 0.29) is 24.5 Å². The average molecular weight is 481 g/mol. The molecule has 0 saturated carbocycles. The van der Waals surface area contributed by atoms with Gasteiger partial charge in [-0.1, -0.05) is 30.7 Å². The number of ether oxygens (including phenoxy) is 1. The van der Waals surface area contributed by atoms with Gasteiger partial charge in [0.05, 0.1) is 18.2 Å². The SMILES string of the molecule is C[C@@H](CC(=O)O)CC(=O)c1c(CCCCOCc2cccc(Cl)c2)n(C)c2ccc(C#N)cc12. The number of fused-ring (bicyclic) bond motifs is 1. The minimum Gasteiger partial charge on any atom is -0.481 e. The van der Waals surface area contributed by atoms with Crippen molar-refractivity contribution in [3.8, 4) is 6.07 Å². The van der Waals surface area contributed by atoms with Gasteiger partial charge >= 0.3 is 5.97 Å². The van der Waals surface area contributed by atoms with Crippen molar-refractivity contribution in [2.45, 2.75) is 45.6 Å². The zero-order valence-electron chi connectivity index (χ0n) is 19.5. The summed E-state index contributed by atoms with van der Waals surface area (Å²) in [5.41, 5.74) is 3.92. The van der Waals surface area contributed by atoms with E-state index in [1.165, 1.54) is 0 Å². The fraction of sp³-hybridized carbons (Fsp3) is 0.370. The number of nitriles is 1. The van der Waals surface area contributed by atoms with Crippen molar-refractivity contribution in [2.24, 2.45) is 13.0 Å². The molecule has 34 heavy (non-hydrogen) atoms. The second-order valence-corrected chi connectivity index (χ2v) is 9.13. The predicted molar refractivity (Wildman–Crippen MR) is 132 cm³/mol. The molecule has 1 heterocycles. The average Bonchev–Trinajstić information content (AvgIpc) is 3.06. The Morgan fingerprint density at radius 2 is 1.97 bits per heavy atom. The highest BCUT2D eigenvalue weighted by molar-refractivity contribution is 6.30. The Morgan fingerprint density at radius 1 is 1.18 bits per heavy atom. The maximum absolute atomic E-state index is 13.3. The van der Waals surface area contributed by atoms with Crippen molar-refractivity contribution in [1.29, 1.82) is 5.26 Å². The first-order valence-corrected chi connectivity index (χ1v) is 11.8. The molecule has 0 saturated heterocycles. The van der Waals surface area contributed by atoms with Crippen LogP contribution in [0.3, 0.4) is 0 Å². The van der Waals surface area contributed by atoms with E-state index in [4.69, 9.17) is 21.4 Å². The van der Waals surface area contributed by atoms with E-state index in [0.717, 1.165) is 35.0 Å². The van der Waals surface area contributed by atoms with Gasteiger partial charge in [0.15, 0.2) is 5.78 Å². The molecule has 1 N–H and O–H groups in total. The topological polar surface area (TPSA) is 92.3 Å². The molecule has 3 rings (SSSR count). The van der Waals surface area contributed by atoms with Crippen LogP contribution in [0, 0.1) is 17.2 Å². The number of ketones is 1. The number of rotatable bonds is 12. The van der Waals surface area contributed by atoms with E-state index in [9.17, 15) is 14.9 Å². The fourth-order valence-electron chi connectivity index (χ4n) is 4.27. The number of hydrogen-bond acceptors (Lipinski definition) is 4. The summed E-state index contributed by atoms with van der Waals surface area (Å²) in [5.74, 6) is -1.27. The van der Waals surface area contributed by atoms with Crippen molar-refractivity contribution in [3.63, 3.8) is 0 Å². The maximum atomic E-state index is 13.3. The summed E-state index contributed by atoms with van der Waals surface area (Å²) >= 11 is 6.01. The number of benzene rings is 2. The normalized spacial score (nSPS) is 11.9. The van der Waals surface area contributed by atoms with E-state index in [0.29, 0.717) is 35.8 Å². The Bertz CT molecular complexity index is 1230. The summed E-state index contributed by atoms with van der Waals surface area (Å²) < 4.78 is 7.79. The molecule has 1 aromatic heterocycles. The lowest BCUT2D eigenvalue weighted by molar-refractivity contribution is -0.137. The Labute approximate surface area is 204 Å². The molecular weight excluding hydrogens is 452 g/mol. The minimum absolute atomic E-state index is 0.0563. The van der Waals surface area contributed by atoms with Crippen LogP contribution in [0.25, 0.3) is 10.9 Å². The number of halogens is 1. The van der Waals surface area contributed by atoms with Crippen LogP contribution in [0.4, 0.5) is 0 Å². The van der Waals surface area contributed by atoms with Gasteiger partial charge in [0.2, 0.25) is 0 Å². The third kappa shape index (κ3) is 6.47. The zero-order valence-corrected chi connectivity index (χ0v) is 20.3. The van der Waals surface area contributed by atoms with E-state index in [1.807, 2.05) is 41.9 Å². The quantitative estimate of drug-likeness (QED) is 0.256. The molecule has 0 aliphatic carbocycles. The molecule has 2 aromatic carbocycles. The summed E-state index contributed by atoms with van der Waals surface area (Å²) in [6.45, 7) is 2.86. The van der Waals surface area contributed by atoms with Crippen molar-refractivity contribution < 1.29 is 19.4 Å². The second kappa shape index (κ2) is 11.8. The molecule has 0 amide bonds. The lowest BCUT2D eigenvalue weighted by Crippen LogP contribution is -2.12. The van der Waals surface area contributed by atoms with Crippen LogP contribution in [0.1, 0.15) is 59.8 Å². The number of nitrogens with zero attached hydrogens (tertiary/aromatic N) is 2. The predicted octanol–water partition coefficient (Wildman–Crippen LogP) is 5.93. The molecule has 1 atom stereocenters. The van der Waals surface area contributed by atoms with Crippen LogP contribution >= 0.6 is 11.6 Å². The molecule has 0 aliphatic rings. The first kappa shape index (κ1) is 25.5. The lowest BCUT2D eigenvalue weighted by Gasteiger charge is -2.11. The van der Waals surface area contributed by atoms with Crippen LogP contribution < -0.4 is 0 Å². The third-order valence-corrected chi connectivity index (χ3v) is 6.13. The van der Waals surface area contributed by atoms with Crippen LogP contribution in [-0.4, -0.2) is 28.0 Å².